The van der Waals surface area contributed by atoms with E-state index in [-0.39, 0.29) is 16.3 Å². The van der Waals surface area contributed by atoms with E-state index in [4.69, 9.17) is 0 Å². The van der Waals surface area contributed by atoms with Crippen molar-refractivity contribution in [1.29, 1.82) is 0 Å². The second-order valence-corrected chi connectivity index (χ2v) is 8.09. The highest BCUT2D eigenvalue weighted by molar-refractivity contribution is 8.04. The molecular weight excluding hydrogens is 399 g/mol. The number of benzene rings is 3. The van der Waals surface area contributed by atoms with E-state index in [9.17, 15) is 14.0 Å². The van der Waals surface area contributed by atoms with Gasteiger partial charge < -0.3 is 5.32 Å². The van der Waals surface area contributed by atoms with Crippen molar-refractivity contribution in [1.82, 2.24) is 0 Å². The highest BCUT2D eigenvalue weighted by Crippen LogP contribution is 2.38. The molecule has 0 spiro atoms. The first kappa shape index (κ1) is 19.9. The van der Waals surface area contributed by atoms with Gasteiger partial charge in [0, 0.05) is 4.90 Å². The Bertz CT molecular complexity index is 1150. The van der Waals surface area contributed by atoms with Crippen LogP contribution in [0.2, 0.25) is 0 Å². The summed E-state index contributed by atoms with van der Waals surface area (Å²) in [5.41, 5.74) is 2.79. The van der Waals surface area contributed by atoms with Crippen LogP contribution in [0, 0.1) is 19.7 Å². The highest BCUT2D eigenvalue weighted by Gasteiger charge is 2.40. The molecule has 0 fully saturated rings. The number of rotatable bonds is 5. The highest BCUT2D eigenvalue weighted by atomic mass is 32.2. The van der Waals surface area contributed by atoms with Crippen molar-refractivity contribution in [2.24, 2.45) is 0 Å². The molecule has 150 valence electrons. The zero-order chi connectivity index (χ0) is 21.3. The van der Waals surface area contributed by atoms with Crippen LogP contribution in [0.1, 0.15) is 11.1 Å². The summed E-state index contributed by atoms with van der Waals surface area (Å²) in [6, 6.07) is 20.8. The number of anilines is 2. The van der Waals surface area contributed by atoms with Gasteiger partial charge >= 0.3 is 0 Å². The van der Waals surface area contributed by atoms with Crippen LogP contribution in [0.25, 0.3) is 0 Å². The fourth-order valence-corrected chi connectivity index (χ4v) is 3.99. The van der Waals surface area contributed by atoms with Crippen molar-refractivity contribution in [3.63, 3.8) is 0 Å². The van der Waals surface area contributed by atoms with Gasteiger partial charge in [0.2, 0.25) is 0 Å². The van der Waals surface area contributed by atoms with Crippen LogP contribution in [0.4, 0.5) is 15.8 Å². The summed E-state index contributed by atoms with van der Waals surface area (Å²) in [7, 11) is 0. The number of carbonyl (C=O) groups excluding carboxylic acids is 2. The molecule has 1 heterocycles. The molecule has 0 radical (unpaired) electrons. The minimum absolute atomic E-state index is 0.0660. The van der Waals surface area contributed by atoms with Gasteiger partial charge in [0.05, 0.1) is 11.4 Å². The first-order valence-corrected chi connectivity index (χ1v) is 10.2. The Balaban J connectivity index is 1.75. The van der Waals surface area contributed by atoms with Crippen molar-refractivity contribution >= 4 is 35.0 Å². The second kappa shape index (κ2) is 8.16. The van der Waals surface area contributed by atoms with Gasteiger partial charge in [-0.25, -0.2) is 9.29 Å². The van der Waals surface area contributed by atoms with Crippen LogP contribution in [-0.2, 0) is 9.59 Å². The number of imide groups is 1. The lowest BCUT2D eigenvalue weighted by molar-refractivity contribution is -0.120. The lowest BCUT2D eigenvalue weighted by Crippen LogP contribution is -2.32. The van der Waals surface area contributed by atoms with Crippen LogP contribution in [0.5, 0.6) is 0 Å². The van der Waals surface area contributed by atoms with Crippen molar-refractivity contribution in [3.05, 3.63) is 100 Å². The Morgan fingerprint density at radius 1 is 0.800 bits per heavy atom. The minimum Gasteiger partial charge on any atom is -0.348 e. The molecule has 1 aliphatic rings. The van der Waals surface area contributed by atoms with E-state index in [0.717, 1.165) is 20.9 Å². The van der Waals surface area contributed by atoms with E-state index in [1.165, 1.54) is 23.9 Å². The number of aryl methyl sites for hydroxylation is 2. The average molecular weight is 418 g/mol. The first-order valence-electron chi connectivity index (χ1n) is 9.40. The third-order valence-electron chi connectivity index (χ3n) is 4.71. The molecular formula is C24H19FN2O2S. The van der Waals surface area contributed by atoms with Gasteiger partial charge in [0.1, 0.15) is 16.4 Å². The third-order valence-corrected chi connectivity index (χ3v) is 5.80. The largest absolute Gasteiger partial charge is 0.348 e. The molecule has 1 aliphatic heterocycles. The number of para-hydroxylation sites is 1. The summed E-state index contributed by atoms with van der Waals surface area (Å²) in [6.45, 7) is 3.90. The van der Waals surface area contributed by atoms with Gasteiger partial charge in [-0.2, -0.15) is 0 Å². The predicted molar refractivity (Wildman–Crippen MR) is 118 cm³/mol. The first-order chi connectivity index (χ1) is 14.4. The maximum Gasteiger partial charge on any atom is 0.283 e. The van der Waals surface area contributed by atoms with Crippen molar-refractivity contribution in [2.45, 2.75) is 18.7 Å². The Labute approximate surface area is 178 Å². The number of hydrogen-bond donors (Lipinski definition) is 1. The lowest BCUT2D eigenvalue weighted by atomic mass is 10.2. The van der Waals surface area contributed by atoms with Crippen LogP contribution in [-0.4, -0.2) is 11.8 Å². The predicted octanol–water partition coefficient (Wildman–Crippen LogP) is 5.43. The molecule has 1 N–H and O–H groups in total. The van der Waals surface area contributed by atoms with E-state index >= 15 is 0 Å². The van der Waals surface area contributed by atoms with Gasteiger partial charge in [-0.3, -0.25) is 9.59 Å². The Kier molecular flexibility index (Phi) is 5.42. The maximum atomic E-state index is 14.2. The van der Waals surface area contributed by atoms with Gasteiger partial charge in [-0.05, 0) is 50.2 Å². The van der Waals surface area contributed by atoms with Crippen LogP contribution < -0.4 is 10.2 Å². The standard InChI is InChI=1S/C24H19FN2O2S/c1-15-7-11-17(12-8-15)27-23(28)21(26-20-6-4-3-5-19(20)25)22(24(27)29)30-18-13-9-16(2)10-14-18/h3-14,26H,1-2H3. The van der Waals surface area contributed by atoms with Crippen molar-refractivity contribution in [2.75, 3.05) is 10.2 Å². The molecule has 0 atom stereocenters. The van der Waals surface area contributed by atoms with E-state index in [1.54, 1.807) is 24.3 Å². The molecule has 0 bridgehead atoms. The number of amides is 2. The quantitative estimate of drug-likeness (QED) is 0.561. The summed E-state index contributed by atoms with van der Waals surface area (Å²) in [5, 5.41) is 2.85. The molecule has 0 saturated carbocycles. The smallest absolute Gasteiger partial charge is 0.283 e. The van der Waals surface area contributed by atoms with E-state index in [0.29, 0.717) is 5.69 Å². The van der Waals surface area contributed by atoms with Gasteiger partial charge in [0.25, 0.3) is 11.8 Å². The van der Waals surface area contributed by atoms with E-state index in [1.807, 2.05) is 50.2 Å². The number of hydrogen-bond acceptors (Lipinski definition) is 4. The molecule has 0 aromatic heterocycles. The molecule has 0 aliphatic carbocycles. The van der Waals surface area contributed by atoms with Crippen molar-refractivity contribution < 1.29 is 14.0 Å². The molecule has 30 heavy (non-hydrogen) atoms. The molecule has 6 heteroatoms. The fraction of sp³-hybridized carbons (Fsp3) is 0.0833. The average Bonchev–Trinajstić information content (AvgIpc) is 2.96. The summed E-state index contributed by atoms with van der Waals surface area (Å²) < 4.78 is 14.2. The van der Waals surface area contributed by atoms with Gasteiger partial charge in [-0.15, -0.1) is 0 Å². The van der Waals surface area contributed by atoms with Gasteiger partial charge in [-0.1, -0.05) is 59.3 Å². The van der Waals surface area contributed by atoms with E-state index < -0.39 is 17.6 Å². The van der Waals surface area contributed by atoms with E-state index in [2.05, 4.69) is 5.32 Å². The van der Waals surface area contributed by atoms with Gasteiger partial charge in [0.15, 0.2) is 0 Å². The SMILES string of the molecule is Cc1ccc(SC2=C(Nc3ccccc3F)C(=O)N(c3ccc(C)cc3)C2=O)cc1. The fourth-order valence-electron chi connectivity index (χ4n) is 3.06. The zero-order valence-corrected chi connectivity index (χ0v) is 17.3. The summed E-state index contributed by atoms with van der Waals surface area (Å²) in [5.74, 6) is -1.45. The zero-order valence-electron chi connectivity index (χ0n) is 16.5. The second-order valence-electron chi connectivity index (χ2n) is 7.01. The molecule has 0 unspecified atom stereocenters. The van der Waals surface area contributed by atoms with Crippen LogP contribution in [0.15, 0.2) is 88.3 Å². The normalized spacial score (nSPS) is 13.9. The molecule has 3 aromatic rings. The molecule has 0 saturated heterocycles. The minimum atomic E-state index is -0.512. The van der Waals surface area contributed by atoms with Crippen LogP contribution in [0.3, 0.4) is 0 Å². The number of nitrogens with one attached hydrogen (secondary N) is 1. The summed E-state index contributed by atoms with van der Waals surface area (Å²) in [6.07, 6.45) is 0. The summed E-state index contributed by atoms with van der Waals surface area (Å²) in [4.78, 5) is 28.6. The topological polar surface area (TPSA) is 49.4 Å². The molecule has 3 aromatic carbocycles. The Morgan fingerprint density at radius 3 is 2.03 bits per heavy atom. The van der Waals surface area contributed by atoms with Crippen LogP contribution >= 0.6 is 11.8 Å². The monoisotopic (exact) mass is 418 g/mol. The number of nitrogens with zero attached hydrogens (tertiary/aromatic N) is 1. The van der Waals surface area contributed by atoms with Crippen molar-refractivity contribution in [3.8, 4) is 0 Å². The Hall–Kier alpha value is -3.38. The lowest BCUT2D eigenvalue weighted by Gasteiger charge is -2.15. The molecule has 4 nitrogen and oxygen atoms in total. The number of carbonyl (C=O) groups is 2. The molecule has 4 rings (SSSR count). The Morgan fingerprint density at radius 2 is 1.40 bits per heavy atom. The number of thioether (sulfide) groups is 1. The maximum absolute atomic E-state index is 14.2. The number of halogens is 1. The summed E-state index contributed by atoms with van der Waals surface area (Å²) >= 11 is 1.19. The third kappa shape index (κ3) is 3.86. The molecule has 2 amide bonds.